The van der Waals surface area contributed by atoms with Crippen LogP contribution >= 0.6 is 0 Å². The van der Waals surface area contributed by atoms with E-state index < -0.39 is 0 Å². The summed E-state index contributed by atoms with van der Waals surface area (Å²) in [5, 5.41) is 18.8. The van der Waals surface area contributed by atoms with Crippen LogP contribution in [-0.4, -0.2) is 54.6 Å². The van der Waals surface area contributed by atoms with Crippen LogP contribution in [0.3, 0.4) is 0 Å². The van der Waals surface area contributed by atoms with Crippen molar-refractivity contribution in [3.8, 4) is 0 Å². The number of aliphatic hydroxyl groups is 2. The summed E-state index contributed by atoms with van der Waals surface area (Å²) in [4.78, 5) is 2.19. The van der Waals surface area contributed by atoms with Gasteiger partial charge >= 0.3 is 0 Å². The highest BCUT2D eigenvalue weighted by molar-refractivity contribution is 5.14. The predicted molar refractivity (Wildman–Crippen MR) is 73.8 cm³/mol. The maximum atomic E-state index is 9.63. The van der Waals surface area contributed by atoms with E-state index in [9.17, 15) is 10.2 Å². The Hall–Kier alpha value is -0.940. The fraction of sp³-hybridized carbons (Fsp3) is 0.600. The molecule has 4 heteroatoms. The van der Waals surface area contributed by atoms with Gasteiger partial charge in [-0.3, -0.25) is 4.90 Å². The molecule has 0 aliphatic carbocycles. The molecule has 0 amide bonds. The standard InChI is InChI=1S/C15H23NO3/c17-8-7-16(10-14-4-2-1-3-5-14)11-15(12-18)6-9-19-13-15/h1-5,17-18H,6-13H2. The van der Waals surface area contributed by atoms with Gasteiger partial charge < -0.3 is 14.9 Å². The molecule has 106 valence electrons. The molecule has 4 nitrogen and oxygen atoms in total. The largest absolute Gasteiger partial charge is 0.396 e. The van der Waals surface area contributed by atoms with Crippen LogP contribution in [0, 0.1) is 5.41 Å². The van der Waals surface area contributed by atoms with Crippen LogP contribution in [0.2, 0.25) is 0 Å². The molecule has 1 saturated heterocycles. The van der Waals surface area contributed by atoms with E-state index in [0.29, 0.717) is 13.2 Å². The van der Waals surface area contributed by atoms with Gasteiger partial charge in [-0.1, -0.05) is 30.3 Å². The third-order valence-electron chi connectivity index (χ3n) is 3.74. The number of nitrogens with zero attached hydrogens (tertiary/aromatic N) is 1. The summed E-state index contributed by atoms with van der Waals surface area (Å²) in [7, 11) is 0. The summed E-state index contributed by atoms with van der Waals surface area (Å²) >= 11 is 0. The number of rotatable bonds is 7. The topological polar surface area (TPSA) is 52.9 Å². The molecular weight excluding hydrogens is 242 g/mol. The summed E-state index contributed by atoms with van der Waals surface area (Å²) < 4.78 is 5.43. The molecule has 1 heterocycles. The molecule has 0 saturated carbocycles. The molecule has 0 bridgehead atoms. The first-order valence-corrected chi connectivity index (χ1v) is 6.84. The van der Waals surface area contributed by atoms with E-state index in [0.717, 1.165) is 26.1 Å². The SMILES string of the molecule is OCCN(Cc1ccccc1)CC1(CO)CCOC1. The van der Waals surface area contributed by atoms with Crippen molar-refractivity contribution in [3.63, 3.8) is 0 Å². The third kappa shape index (κ3) is 4.01. The average Bonchev–Trinajstić information content (AvgIpc) is 2.89. The van der Waals surface area contributed by atoms with E-state index in [1.807, 2.05) is 18.2 Å². The first-order chi connectivity index (χ1) is 9.28. The lowest BCUT2D eigenvalue weighted by atomic mass is 9.87. The maximum Gasteiger partial charge on any atom is 0.0558 e. The number of benzene rings is 1. The summed E-state index contributed by atoms with van der Waals surface area (Å²) in [6.07, 6.45) is 0.889. The zero-order chi connectivity index (χ0) is 13.6. The molecular formula is C15H23NO3. The van der Waals surface area contributed by atoms with Crippen molar-refractivity contribution < 1.29 is 14.9 Å². The van der Waals surface area contributed by atoms with Crippen molar-refractivity contribution in [2.45, 2.75) is 13.0 Å². The Morgan fingerprint density at radius 3 is 2.58 bits per heavy atom. The highest BCUT2D eigenvalue weighted by atomic mass is 16.5. The Morgan fingerprint density at radius 1 is 1.21 bits per heavy atom. The molecule has 1 aromatic rings. The number of hydrogen-bond donors (Lipinski definition) is 2. The predicted octanol–water partition coefficient (Wildman–Crippen LogP) is 0.880. The van der Waals surface area contributed by atoms with Crippen LogP contribution in [-0.2, 0) is 11.3 Å². The van der Waals surface area contributed by atoms with Gasteiger partial charge in [0.15, 0.2) is 0 Å². The maximum absolute atomic E-state index is 9.63. The lowest BCUT2D eigenvalue weighted by molar-refractivity contribution is 0.0479. The lowest BCUT2D eigenvalue weighted by Crippen LogP contribution is -2.41. The minimum atomic E-state index is -0.163. The van der Waals surface area contributed by atoms with E-state index in [4.69, 9.17) is 4.74 Å². The average molecular weight is 265 g/mol. The zero-order valence-corrected chi connectivity index (χ0v) is 11.3. The van der Waals surface area contributed by atoms with Crippen LogP contribution in [0.5, 0.6) is 0 Å². The Kier molecular flexibility index (Phi) is 5.34. The van der Waals surface area contributed by atoms with Gasteiger partial charge in [0.25, 0.3) is 0 Å². The van der Waals surface area contributed by atoms with Crippen molar-refractivity contribution in [2.75, 3.05) is 39.5 Å². The summed E-state index contributed by atoms with van der Waals surface area (Å²) in [5.41, 5.74) is 1.06. The van der Waals surface area contributed by atoms with Crippen molar-refractivity contribution in [2.24, 2.45) is 5.41 Å². The zero-order valence-electron chi connectivity index (χ0n) is 11.3. The van der Waals surface area contributed by atoms with E-state index in [2.05, 4.69) is 17.0 Å². The van der Waals surface area contributed by atoms with Gasteiger partial charge in [-0.05, 0) is 12.0 Å². The van der Waals surface area contributed by atoms with Crippen molar-refractivity contribution in [1.29, 1.82) is 0 Å². The molecule has 1 aliphatic rings. The molecule has 1 unspecified atom stereocenters. The monoisotopic (exact) mass is 265 g/mol. The minimum absolute atomic E-state index is 0.134. The number of ether oxygens (including phenoxy) is 1. The molecule has 1 fully saturated rings. The summed E-state index contributed by atoms with van der Waals surface area (Å²) in [6.45, 7) is 3.79. The van der Waals surface area contributed by atoms with E-state index in [-0.39, 0.29) is 18.6 Å². The molecule has 1 atom stereocenters. The van der Waals surface area contributed by atoms with Gasteiger partial charge in [-0.2, -0.15) is 0 Å². The molecule has 1 aliphatic heterocycles. The Bertz CT molecular complexity index is 363. The van der Waals surface area contributed by atoms with Gasteiger partial charge in [0.2, 0.25) is 0 Å². The third-order valence-corrected chi connectivity index (χ3v) is 3.74. The van der Waals surface area contributed by atoms with Crippen LogP contribution < -0.4 is 0 Å². The minimum Gasteiger partial charge on any atom is -0.396 e. The molecule has 0 radical (unpaired) electrons. The molecule has 0 aromatic heterocycles. The van der Waals surface area contributed by atoms with Crippen LogP contribution in [0.25, 0.3) is 0 Å². The van der Waals surface area contributed by atoms with Gasteiger partial charge in [0, 0.05) is 31.7 Å². The first-order valence-electron chi connectivity index (χ1n) is 6.84. The molecule has 0 spiro atoms. The number of hydrogen-bond acceptors (Lipinski definition) is 4. The molecule has 2 rings (SSSR count). The second-order valence-electron chi connectivity index (χ2n) is 5.38. The fourth-order valence-corrected chi connectivity index (χ4v) is 2.62. The van der Waals surface area contributed by atoms with E-state index >= 15 is 0 Å². The highest BCUT2D eigenvalue weighted by Gasteiger charge is 2.35. The summed E-state index contributed by atoms with van der Waals surface area (Å²) in [6, 6.07) is 10.2. The lowest BCUT2D eigenvalue weighted by Gasteiger charge is -2.32. The Balaban J connectivity index is 1.99. The number of aliphatic hydroxyl groups excluding tert-OH is 2. The second-order valence-corrected chi connectivity index (χ2v) is 5.38. The Morgan fingerprint density at radius 2 is 2.00 bits per heavy atom. The second kappa shape index (κ2) is 7.01. The van der Waals surface area contributed by atoms with E-state index in [1.165, 1.54) is 5.56 Å². The van der Waals surface area contributed by atoms with Crippen LogP contribution in [0.4, 0.5) is 0 Å². The van der Waals surface area contributed by atoms with Crippen molar-refractivity contribution in [3.05, 3.63) is 35.9 Å². The van der Waals surface area contributed by atoms with Gasteiger partial charge in [-0.15, -0.1) is 0 Å². The molecule has 1 aromatic carbocycles. The van der Waals surface area contributed by atoms with Crippen molar-refractivity contribution >= 4 is 0 Å². The van der Waals surface area contributed by atoms with Gasteiger partial charge in [-0.25, -0.2) is 0 Å². The fourth-order valence-electron chi connectivity index (χ4n) is 2.62. The highest BCUT2D eigenvalue weighted by Crippen LogP contribution is 2.29. The quantitative estimate of drug-likeness (QED) is 0.768. The van der Waals surface area contributed by atoms with Gasteiger partial charge in [0.05, 0.1) is 19.8 Å². The Labute approximate surface area is 114 Å². The van der Waals surface area contributed by atoms with Crippen molar-refractivity contribution in [1.82, 2.24) is 4.90 Å². The van der Waals surface area contributed by atoms with Crippen LogP contribution in [0.15, 0.2) is 30.3 Å². The summed E-state index contributed by atoms with van der Waals surface area (Å²) in [5.74, 6) is 0. The normalized spacial score (nSPS) is 23.1. The molecule has 19 heavy (non-hydrogen) atoms. The molecule has 2 N–H and O–H groups in total. The van der Waals surface area contributed by atoms with E-state index in [1.54, 1.807) is 0 Å². The van der Waals surface area contributed by atoms with Crippen LogP contribution in [0.1, 0.15) is 12.0 Å². The smallest absolute Gasteiger partial charge is 0.0558 e. The first kappa shape index (κ1) is 14.5. The van der Waals surface area contributed by atoms with Gasteiger partial charge in [0.1, 0.15) is 0 Å².